The summed E-state index contributed by atoms with van der Waals surface area (Å²) in [5, 5.41) is 3.23. The molecule has 0 saturated heterocycles. The van der Waals surface area contributed by atoms with E-state index < -0.39 is 0 Å². The molecule has 0 radical (unpaired) electrons. The van der Waals surface area contributed by atoms with Gasteiger partial charge in [-0.3, -0.25) is 9.97 Å². The van der Waals surface area contributed by atoms with Crippen LogP contribution in [0.2, 0.25) is 0 Å². The highest BCUT2D eigenvalue weighted by Gasteiger charge is 2.12. The number of nitrogens with zero attached hydrogens (tertiary/aromatic N) is 3. The highest BCUT2D eigenvalue weighted by Crippen LogP contribution is 2.15. The molecule has 0 aliphatic carbocycles. The Kier molecular flexibility index (Phi) is 5.78. The Morgan fingerprint density at radius 2 is 2.14 bits per heavy atom. The normalized spacial score (nSPS) is 12.6. The van der Waals surface area contributed by atoms with Crippen LogP contribution in [0.15, 0.2) is 42.9 Å². The predicted molar refractivity (Wildman–Crippen MR) is 81.2 cm³/mol. The van der Waals surface area contributed by atoms with Gasteiger partial charge in [0.15, 0.2) is 0 Å². The lowest BCUT2D eigenvalue weighted by molar-refractivity contribution is 0.302. The molecular formula is C16H21FN4. The molecule has 2 heterocycles. The molecule has 1 unspecified atom stereocenters. The van der Waals surface area contributed by atoms with Crippen molar-refractivity contribution in [3.05, 3.63) is 59.9 Å². The van der Waals surface area contributed by atoms with Crippen LogP contribution in [-0.4, -0.2) is 35.5 Å². The van der Waals surface area contributed by atoms with Crippen LogP contribution in [0.1, 0.15) is 23.7 Å². The average Bonchev–Trinajstić information content (AvgIpc) is 2.50. The quantitative estimate of drug-likeness (QED) is 0.849. The summed E-state index contributed by atoms with van der Waals surface area (Å²) < 4.78 is 12.9. The van der Waals surface area contributed by atoms with E-state index >= 15 is 0 Å². The van der Waals surface area contributed by atoms with Gasteiger partial charge in [-0.2, -0.15) is 0 Å². The van der Waals surface area contributed by atoms with Crippen molar-refractivity contribution in [3.63, 3.8) is 0 Å². The van der Waals surface area contributed by atoms with Gasteiger partial charge in [-0.25, -0.2) is 4.39 Å². The second-order valence-corrected chi connectivity index (χ2v) is 5.13. The number of rotatable bonds is 7. The fourth-order valence-electron chi connectivity index (χ4n) is 2.27. The monoisotopic (exact) mass is 288 g/mol. The Labute approximate surface area is 125 Å². The first-order chi connectivity index (χ1) is 10.2. The Balaban J connectivity index is 1.86. The number of halogens is 1. The third-order valence-electron chi connectivity index (χ3n) is 3.43. The molecule has 0 spiro atoms. The number of nitrogens with one attached hydrogen (secondary N) is 1. The fraction of sp³-hybridized carbons (Fsp3) is 0.375. The summed E-state index contributed by atoms with van der Waals surface area (Å²) in [5.41, 5.74) is 2.06. The van der Waals surface area contributed by atoms with Gasteiger partial charge in [0.05, 0.1) is 17.9 Å². The average molecular weight is 288 g/mol. The molecule has 0 bridgehead atoms. The molecular weight excluding hydrogens is 267 g/mol. The van der Waals surface area contributed by atoms with Gasteiger partial charge in [0.25, 0.3) is 0 Å². The van der Waals surface area contributed by atoms with Crippen molar-refractivity contribution in [2.24, 2.45) is 0 Å². The minimum Gasteiger partial charge on any atom is -0.312 e. The number of pyridine rings is 2. The van der Waals surface area contributed by atoms with E-state index in [1.54, 1.807) is 12.3 Å². The topological polar surface area (TPSA) is 41.0 Å². The van der Waals surface area contributed by atoms with Gasteiger partial charge < -0.3 is 10.2 Å². The van der Waals surface area contributed by atoms with E-state index in [4.69, 9.17) is 0 Å². The first-order valence-corrected chi connectivity index (χ1v) is 7.05. The van der Waals surface area contributed by atoms with E-state index in [2.05, 4.69) is 33.3 Å². The Morgan fingerprint density at radius 1 is 1.29 bits per heavy atom. The molecule has 2 aromatic heterocycles. The third-order valence-corrected chi connectivity index (χ3v) is 3.43. The Bertz CT molecular complexity index is 530. The molecule has 112 valence electrons. The van der Waals surface area contributed by atoms with E-state index in [1.165, 1.54) is 17.8 Å². The summed E-state index contributed by atoms with van der Waals surface area (Å²) in [6.07, 6.45) is 5.83. The summed E-state index contributed by atoms with van der Waals surface area (Å²) in [5.74, 6) is -0.303. The number of hydrogen-bond acceptors (Lipinski definition) is 4. The first kappa shape index (κ1) is 15.5. The van der Waals surface area contributed by atoms with Gasteiger partial charge >= 0.3 is 0 Å². The first-order valence-electron chi connectivity index (χ1n) is 7.05. The van der Waals surface area contributed by atoms with Crippen molar-refractivity contribution in [3.8, 4) is 0 Å². The molecule has 2 rings (SSSR count). The van der Waals surface area contributed by atoms with Crippen molar-refractivity contribution >= 4 is 0 Å². The molecule has 1 atom stereocenters. The van der Waals surface area contributed by atoms with Crippen molar-refractivity contribution in [1.29, 1.82) is 0 Å². The van der Waals surface area contributed by atoms with Gasteiger partial charge in [0, 0.05) is 25.5 Å². The molecule has 0 aliphatic heterocycles. The lowest BCUT2D eigenvalue weighted by Gasteiger charge is -2.21. The van der Waals surface area contributed by atoms with Crippen LogP contribution < -0.4 is 5.32 Å². The zero-order chi connectivity index (χ0) is 15.1. The van der Waals surface area contributed by atoms with E-state index in [1.807, 2.05) is 19.3 Å². The molecule has 21 heavy (non-hydrogen) atoms. The minimum atomic E-state index is -0.303. The Hall–Kier alpha value is -1.85. The van der Waals surface area contributed by atoms with Crippen LogP contribution in [0.25, 0.3) is 0 Å². The SMILES string of the molecule is CNC(CCN(C)Cc1cccnc1)c1ccc(F)cn1. The predicted octanol–water partition coefficient (Wildman–Crippen LogP) is 2.40. The molecule has 0 aromatic carbocycles. The second-order valence-electron chi connectivity index (χ2n) is 5.13. The maximum absolute atomic E-state index is 12.9. The largest absolute Gasteiger partial charge is 0.312 e. The highest BCUT2D eigenvalue weighted by atomic mass is 19.1. The smallest absolute Gasteiger partial charge is 0.141 e. The molecule has 4 nitrogen and oxygen atoms in total. The maximum Gasteiger partial charge on any atom is 0.141 e. The van der Waals surface area contributed by atoms with Crippen molar-refractivity contribution in [2.75, 3.05) is 20.6 Å². The maximum atomic E-state index is 12.9. The van der Waals surface area contributed by atoms with E-state index in [-0.39, 0.29) is 11.9 Å². The summed E-state index contributed by atoms with van der Waals surface area (Å²) in [7, 11) is 3.98. The van der Waals surface area contributed by atoms with Crippen LogP contribution >= 0.6 is 0 Å². The second kappa shape index (κ2) is 7.81. The molecule has 0 fully saturated rings. The summed E-state index contributed by atoms with van der Waals surface area (Å²) in [6, 6.07) is 7.33. The fourth-order valence-corrected chi connectivity index (χ4v) is 2.27. The Morgan fingerprint density at radius 3 is 2.76 bits per heavy atom. The van der Waals surface area contributed by atoms with E-state index in [0.717, 1.165) is 25.2 Å². The standard InChI is InChI=1S/C16H21FN4/c1-18-15(16-6-5-14(17)11-20-16)7-9-21(2)12-13-4-3-8-19-10-13/h3-6,8,10-11,15,18H,7,9,12H2,1-2H3. The van der Waals surface area contributed by atoms with E-state index in [0.29, 0.717) is 0 Å². The molecule has 2 aromatic rings. The number of hydrogen-bond donors (Lipinski definition) is 1. The van der Waals surface area contributed by atoms with Crippen LogP contribution in [0.5, 0.6) is 0 Å². The lowest BCUT2D eigenvalue weighted by atomic mass is 10.1. The number of aromatic nitrogens is 2. The van der Waals surface area contributed by atoms with Crippen LogP contribution in [-0.2, 0) is 6.54 Å². The zero-order valence-electron chi connectivity index (χ0n) is 12.5. The van der Waals surface area contributed by atoms with Gasteiger partial charge in [-0.1, -0.05) is 6.07 Å². The molecule has 0 amide bonds. The van der Waals surface area contributed by atoms with Gasteiger partial charge in [-0.15, -0.1) is 0 Å². The molecule has 0 saturated carbocycles. The lowest BCUT2D eigenvalue weighted by Crippen LogP contribution is -2.25. The zero-order valence-corrected chi connectivity index (χ0v) is 12.5. The van der Waals surface area contributed by atoms with Crippen LogP contribution in [0.4, 0.5) is 4.39 Å². The van der Waals surface area contributed by atoms with Gasteiger partial charge in [0.1, 0.15) is 5.82 Å². The van der Waals surface area contributed by atoms with Crippen LogP contribution in [0, 0.1) is 5.82 Å². The molecule has 5 heteroatoms. The minimum absolute atomic E-state index is 0.127. The van der Waals surface area contributed by atoms with Crippen molar-refractivity contribution in [1.82, 2.24) is 20.2 Å². The van der Waals surface area contributed by atoms with Crippen LogP contribution in [0.3, 0.4) is 0 Å². The van der Waals surface area contributed by atoms with Gasteiger partial charge in [-0.05, 0) is 44.3 Å². The van der Waals surface area contributed by atoms with Crippen molar-refractivity contribution < 1.29 is 4.39 Å². The molecule has 1 N–H and O–H groups in total. The summed E-state index contributed by atoms with van der Waals surface area (Å²) >= 11 is 0. The summed E-state index contributed by atoms with van der Waals surface area (Å²) in [4.78, 5) is 10.5. The van der Waals surface area contributed by atoms with Crippen molar-refractivity contribution in [2.45, 2.75) is 19.0 Å². The highest BCUT2D eigenvalue weighted by molar-refractivity contribution is 5.10. The van der Waals surface area contributed by atoms with Gasteiger partial charge in [0.2, 0.25) is 0 Å². The van der Waals surface area contributed by atoms with E-state index in [9.17, 15) is 4.39 Å². The third kappa shape index (κ3) is 4.88. The summed E-state index contributed by atoms with van der Waals surface area (Å²) in [6.45, 7) is 1.78. The molecule has 0 aliphatic rings.